The number of halogens is 1. The Morgan fingerprint density at radius 1 is 0.286 bits per heavy atom. The van der Waals surface area contributed by atoms with Crippen LogP contribution in [0.15, 0.2) is 441 Å². The highest BCUT2D eigenvalue weighted by Crippen LogP contribution is 2.51. The molecule has 0 amide bonds. The standard InChI is InChI=1S/C28H31O3S.C26H27O3S.C26H29O3S.C24H22FOS.C24H25O3S/c1-21-18-25(32(23-12-6-4-7-13-23)24-14-8-5-9-15-24)19-22(2)27(21)30-20-26(29)31-28(3)16-10-11-17-28;1-26(18-8-9-19-26)29-25(27)20-28-21-14-16-24(17-15-21)30(22-10-4-2-5-11-22)23-12-6-3-7-13-23;1-19-16-23(17-20(2)25(19)28-18-24(27)29-26(3,4)5)30(21-12-8-6-9-13-21)22-14-10-7-11-15-22;1-24(14-6-7-15-24)26-21-16-17(12-13-20(21)25)27-22-10-4-2-8-18(22)19-9-3-5-11-23(19)27;1-24(2,3)27-23(25)18-26-19-14-16-22(17-15-19)28(20-10-6-4-7-11-20)21-12-8-5-9-13-21/h4-9,12-15,18-19H,10-11,16-17,20H2,1-3H3;2-7,10-17H,8-9,18-20H2,1H3;6-17H,18H2,1-5H3;2-5,8-13,16H,6-7,14-15H2,1H3;4-17H,18H2,1-3H3/q5*+1. The quantitative estimate of drug-likeness (QED) is 0.0249. The Kier molecular flexibility index (Phi) is 37.4. The van der Waals surface area contributed by atoms with Crippen molar-refractivity contribution in [1.82, 2.24) is 0 Å². The van der Waals surface area contributed by atoms with Crippen LogP contribution in [0.2, 0.25) is 0 Å². The molecule has 3 saturated carbocycles. The molecule has 0 saturated heterocycles. The van der Waals surface area contributed by atoms with Crippen molar-refractivity contribution in [3.05, 3.63) is 410 Å². The van der Waals surface area contributed by atoms with Gasteiger partial charge in [0.15, 0.2) is 111 Å². The summed E-state index contributed by atoms with van der Waals surface area (Å²) in [5.74, 6) is 1.66. The molecule has 0 spiro atoms. The van der Waals surface area contributed by atoms with E-state index in [1.807, 2.05) is 156 Å². The summed E-state index contributed by atoms with van der Waals surface area (Å²) in [6.45, 7) is 25.1. The van der Waals surface area contributed by atoms with Crippen molar-refractivity contribution in [2.45, 2.75) is 254 Å². The molecule has 19 rings (SSSR count). The number of carbonyl (C=O) groups excluding carboxylic acids is 4. The summed E-state index contributed by atoms with van der Waals surface area (Å²) in [6, 6.07) is 132. The minimum atomic E-state index is -0.520. The van der Waals surface area contributed by atoms with E-state index < -0.39 is 11.2 Å². The van der Waals surface area contributed by atoms with Crippen LogP contribution in [0.25, 0.3) is 25.1 Å². The summed E-state index contributed by atoms with van der Waals surface area (Å²) in [5.41, 5.74) is 2.17. The Labute approximate surface area is 881 Å². The highest BCUT2D eigenvalue weighted by atomic mass is 32.2. The number of hydrogen-bond acceptors (Lipinski definition) is 13. The van der Waals surface area contributed by atoms with Crippen molar-refractivity contribution in [2.75, 3.05) is 26.4 Å². The van der Waals surface area contributed by atoms with Crippen molar-refractivity contribution >= 4 is 98.1 Å². The fraction of sp³-hybridized carbons (Fsp3) is 0.266. The van der Waals surface area contributed by atoms with Gasteiger partial charge in [0.1, 0.15) is 51.0 Å². The second-order valence-corrected chi connectivity index (χ2v) is 49.8. The molecule has 147 heavy (non-hydrogen) atoms. The molecule has 3 aliphatic carbocycles. The van der Waals surface area contributed by atoms with Gasteiger partial charge in [-0.25, -0.2) is 23.6 Å². The van der Waals surface area contributed by atoms with E-state index in [2.05, 4.69) is 310 Å². The van der Waals surface area contributed by atoms with Crippen molar-refractivity contribution in [3.8, 4) is 33.6 Å². The number of fused-ring (bicyclic) bond motifs is 3. The van der Waals surface area contributed by atoms with Crippen LogP contribution in [-0.4, -0.2) is 78.3 Å². The lowest BCUT2D eigenvalue weighted by Gasteiger charge is -2.25. The van der Waals surface area contributed by atoms with E-state index in [1.165, 1.54) is 78.9 Å². The minimum absolute atomic E-state index is 0.0559. The van der Waals surface area contributed by atoms with Crippen molar-refractivity contribution in [1.29, 1.82) is 0 Å². The van der Waals surface area contributed by atoms with Gasteiger partial charge in [-0.05, 0) is 365 Å². The first kappa shape index (κ1) is 108. The maximum Gasteiger partial charge on any atom is 0.344 e. The van der Waals surface area contributed by atoms with Gasteiger partial charge in [-0.2, -0.15) is 0 Å². The van der Waals surface area contributed by atoms with Crippen molar-refractivity contribution < 1.29 is 66.2 Å². The van der Waals surface area contributed by atoms with E-state index in [1.54, 1.807) is 6.07 Å². The van der Waals surface area contributed by atoms with E-state index in [9.17, 15) is 23.6 Å². The lowest BCUT2D eigenvalue weighted by molar-refractivity contribution is -0.160. The largest absolute Gasteiger partial charge is 0.484 e. The highest BCUT2D eigenvalue weighted by molar-refractivity contribution is 7.98. The maximum atomic E-state index is 14.5. The van der Waals surface area contributed by atoms with Gasteiger partial charge in [-0.1, -0.05) is 170 Å². The van der Waals surface area contributed by atoms with E-state index in [4.69, 9.17) is 42.6 Å². The molecular weight excluding hydrogens is 1920 g/mol. The zero-order valence-corrected chi connectivity index (χ0v) is 90.5. The van der Waals surface area contributed by atoms with E-state index in [-0.39, 0.29) is 127 Å². The highest BCUT2D eigenvalue weighted by Gasteiger charge is 2.39. The Hall–Kier alpha value is -13.3. The van der Waals surface area contributed by atoms with Crippen LogP contribution in [0.5, 0.6) is 28.7 Å². The topological polar surface area (TPSA) is 151 Å². The maximum absolute atomic E-state index is 14.5. The predicted octanol–water partition coefficient (Wildman–Crippen LogP) is 31.9. The first-order chi connectivity index (χ1) is 70.9. The second-order valence-electron chi connectivity index (χ2n) is 39.7. The van der Waals surface area contributed by atoms with Crippen molar-refractivity contribution in [2.24, 2.45) is 0 Å². The van der Waals surface area contributed by atoms with Gasteiger partial charge in [0.2, 0.25) is 0 Å². The molecule has 19 heteroatoms. The fourth-order valence-corrected chi connectivity index (χ4v) is 29.7. The van der Waals surface area contributed by atoms with Gasteiger partial charge < -0.3 is 42.6 Å². The molecule has 1 aromatic heterocycles. The molecule has 0 N–H and O–H groups in total. The Balaban J connectivity index is 0.000000138. The molecule has 0 aliphatic heterocycles. The number of rotatable bonds is 29. The van der Waals surface area contributed by atoms with E-state index >= 15 is 0 Å². The van der Waals surface area contributed by atoms with Crippen LogP contribution in [0.3, 0.4) is 0 Å². The Morgan fingerprint density at radius 3 is 0.823 bits per heavy atom. The SMILES string of the molecule is CC(C)(C)OC(=O)COc1ccc([S+](c2ccccc2)c2ccccc2)cc1.CC1(OC(=O)COc2ccc([S+](c3ccccc3)c3ccccc3)cc2)CCCC1.CC1(Oc2cc(-[s+]3c4ccccc4c4ccccc43)ccc2F)CCCC1.Cc1cc([S+](c2ccccc2)c2ccccc2)cc(C)c1OCC(=O)OC(C)(C)C.Cc1cc([S+](c2ccccc2)c2ccccc2)cc(C)c1OCC(=O)OC1(C)CCCC1. The third-order valence-corrected chi connectivity index (χ3v) is 36.4. The zero-order chi connectivity index (χ0) is 104. The Morgan fingerprint density at radius 2 is 0.531 bits per heavy atom. The van der Waals surface area contributed by atoms with Crippen molar-refractivity contribution in [3.63, 3.8) is 0 Å². The van der Waals surface area contributed by atoms with Gasteiger partial charge in [0.25, 0.3) is 0 Å². The van der Waals surface area contributed by atoms with E-state index in [0.29, 0.717) is 17.2 Å². The van der Waals surface area contributed by atoms with Gasteiger partial charge >= 0.3 is 23.9 Å². The summed E-state index contributed by atoms with van der Waals surface area (Å²) in [7, 11) is -1.04. The first-order valence-corrected chi connectivity index (χ1v) is 56.6. The van der Waals surface area contributed by atoms with Crippen LogP contribution in [0, 0.1) is 33.5 Å². The number of aryl methyl sites for hydroxylation is 4. The summed E-state index contributed by atoms with van der Waals surface area (Å²) in [6.07, 6.45) is 12.5. The fourth-order valence-electron chi connectivity index (χ4n) is 18.6. The van der Waals surface area contributed by atoms with Gasteiger partial charge in [-0.3, -0.25) is 0 Å². The lowest BCUT2D eigenvalue weighted by Crippen LogP contribution is -2.30. The summed E-state index contributed by atoms with van der Waals surface area (Å²) >= 11 is 0. The van der Waals surface area contributed by atoms with Crippen LogP contribution in [-0.2, 0) is 81.7 Å². The minimum Gasteiger partial charge on any atom is -0.484 e. The molecule has 3 fully saturated rings. The molecule has 0 unspecified atom stereocenters. The third-order valence-electron chi connectivity index (χ3n) is 25.2. The van der Waals surface area contributed by atoms with Crippen LogP contribution in [0.4, 0.5) is 4.39 Å². The molecule has 0 radical (unpaired) electrons. The molecule has 16 aromatic rings. The Bertz CT molecular complexity index is 6720. The average Bonchev–Trinajstić information content (AvgIpc) is 1.59. The predicted molar refractivity (Wildman–Crippen MR) is 597 cm³/mol. The molecular formula is C128H134FO13S5+5. The molecule has 0 bridgehead atoms. The monoisotopic (exact) mass is 2060 g/mol. The normalized spacial score (nSPS) is 13.8. The molecule has 0 atom stereocenters. The number of benzene rings is 15. The average molecular weight is 2060 g/mol. The molecule has 15 aromatic carbocycles. The molecule has 13 nitrogen and oxygen atoms in total. The molecule has 3 aliphatic rings. The van der Waals surface area contributed by atoms with Gasteiger partial charge in [0, 0.05) is 57.6 Å². The van der Waals surface area contributed by atoms with E-state index in [0.717, 1.165) is 116 Å². The third kappa shape index (κ3) is 30.3. The lowest BCUT2D eigenvalue weighted by atomic mass is 10.1. The number of ether oxygens (including phenoxy) is 9. The van der Waals surface area contributed by atoms with Gasteiger partial charge in [0.05, 0.1) is 43.6 Å². The first-order valence-electron chi connectivity index (χ1n) is 50.5. The van der Waals surface area contributed by atoms with Crippen LogP contribution in [0.1, 0.15) is 162 Å². The second kappa shape index (κ2) is 50.9. The number of esters is 4. The number of carbonyl (C=O) groups is 4. The molecule has 756 valence electrons. The zero-order valence-electron chi connectivity index (χ0n) is 86.4. The number of thiophene rings is 1. The van der Waals surface area contributed by atoms with Crippen LogP contribution < -0.4 is 23.7 Å². The molecule has 1 heterocycles. The smallest absolute Gasteiger partial charge is 0.344 e. The van der Waals surface area contributed by atoms with Gasteiger partial charge in [-0.15, -0.1) is 0 Å². The summed E-state index contributed by atoms with van der Waals surface area (Å²) < 4.78 is 68.4. The summed E-state index contributed by atoms with van der Waals surface area (Å²) in [5, 5.41) is 2.57. The number of hydrogen-bond donors (Lipinski definition) is 0. The van der Waals surface area contributed by atoms with Crippen LogP contribution >= 0.6 is 10.5 Å². The summed E-state index contributed by atoms with van der Waals surface area (Å²) in [4.78, 5) is 64.6.